The summed E-state index contributed by atoms with van der Waals surface area (Å²) in [7, 11) is 2.83. The number of hydrogen-bond donors (Lipinski definition) is 1. The van der Waals surface area contributed by atoms with Crippen LogP contribution < -0.4 is 15.6 Å². The maximum absolute atomic E-state index is 13.3. The Bertz CT molecular complexity index is 1270. The first-order chi connectivity index (χ1) is 16.5. The van der Waals surface area contributed by atoms with Crippen LogP contribution >= 0.6 is 11.8 Å². The van der Waals surface area contributed by atoms with Gasteiger partial charge in [-0.25, -0.2) is 9.78 Å². The van der Waals surface area contributed by atoms with Crippen molar-refractivity contribution in [2.45, 2.75) is 30.6 Å². The zero-order valence-electron chi connectivity index (χ0n) is 18.9. The maximum Gasteiger partial charge on any atom is 0.337 e. The van der Waals surface area contributed by atoms with Gasteiger partial charge in [0, 0.05) is 6.61 Å². The van der Waals surface area contributed by atoms with Crippen LogP contribution in [0.5, 0.6) is 5.75 Å². The van der Waals surface area contributed by atoms with Gasteiger partial charge in [-0.2, -0.15) is 0 Å². The molecular weight excluding hydrogens is 458 g/mol. The van der Waals surface area contributed by atoms with Gasteiger partial charge < -0.3 is 19.5 Å². The van der Waals surface area contributed by atoms with Crippen molar-refractivity contribution in [2.75, 3.05) is 31.9 Å². The van der Waals surface area contributed by atoms with Crippen LogP contribution in [0.3, 0.4) is 0 Å². The molecule has 0 bridgehead atoms. The number of aromatic nitrogens is 2. The highest BCUT2D eigenvalue weighted by Crippen LogP contribution is 2.25. The second-order valence-corrected chi connectivity index (χ2v) is 8.65. The van der Waals surface area contributed by atoms with Crippen molar-refractivity contribution in [3.8, 4) is 5.75 Å². The molecule has 1 N–H and O–H groups in total. The Morgan fingerprint density at radius 1 is 1.24 bits per heavy atom. The van der Waals surface area contributed by atoms with E-state index in [4.69, 9.17) is 14.2 Å². The number of rotatable bonds is 8. The summed E-state index contributed by atoms with van der Waals surface area (Å²) in [5.74, 6) is -0.207. The Kier molecular flexibility index (Phi) is 7.49. The minimum atomic E-state index is -0.516. The molecule has 4 rings (SSSR count). The molecule has 0 aliphatic carbocycles. The number of amides is 1. The van der Waals surface area contributed by atoms with Crippen LogP contribution in [0.1, 0.15) is 23.2 Å². The first kappa shape index (κ1) is 23.8. The molecule has 1 fully saturated rings. The minimum absolute atomic E-state index is 0.0260. The molecule has 3 aromatic rings. The number of anilines is 1. The SMILES string of the molecule is COC(=O)c1ccc2c(=O)n(CC3CCCO3)c(SCC(=O)Nc3ccccc3OC)nc2c1. The van der Waals surface area contributed by atoms with E-state index in [9.17, 15) is 14.4 Å². The van der Waals surface area contributed by atoms with Crippen molar-refractivity contribution >= 4 is 40.2 Å². The summed E-state index contributed by atoms with van der Waals surface area (Å²) in [6.45, 7) is 1.00. The molecule has 1 aromatic heterocycles. The third kappa shape index (κ3) is 5.23. The summed E-state index contributed by atoms with van der Waals surface area (Å²) in [6, 6.07) is 11.8. The van der Waals surface area contributed by atoms with Gasteiger partial charge >= 0.3 is 5.97 Å². The number of esters is 1. The number of ether oxygens (including phenoxy) is 3. The highest BCUT2D eigenvalue weighted by atomic mass is 32.2. The molecular formula is C24H25N3O6S. The first-order valence-electron chi connectivity index (χ1n) is 10.8. The number of nitrogens with zero attached hydrogens (tertiary/aromatic N) is 2. The van der Waals surface area contributed by atoms with Crippen LogP contribution in [0.25, 0.3) is 10.9 Å². The molecule has 1 atom stereocenters. The van der Waals surface area contributed by atoms with E-state index in [0.717, 1.165) is 24.6 Å². The highest BCUT2D eigenvalue weighted by molar-refractivity contribution is 7.99. The van der Waals surface area contributed by atoms with E-state index < -0.39 is 5.97 Å². The number of methoxy groups -OCH3 is 2. The van der Waals surface area contributed by atoms with Crippen LogP contribution in [-0.2, 0) is 20.8 Å². The monoisotopic (exact) mass is 483 g/mol. The Labute approximate surface area is 200 Å². The molecule has 2 heterocycles. The Balaban J connectivity index is 1.63. The van der Waals surface area contributed by atoms with Gasteiger partial charge in [-0.15, -0.1) is 0 Å². The van der Waals surface area contributed by atoms with Gasteiger partial charge in [0.15, 0.2) is 5.16 Å². The van der Waals surface area contributed by atoms with E-state index >= 15 is 0 Å². The number of hydrogen-bond acceptors (Lipinski definition) is 8. The fraction of sp³-hybridized carbons (Fsp3) is 0.333. The maximum atomic E-state index is 13.3. The van der Waals surface area contributed by atoms with E-state index in [1.165, 1.54) is 20.3 Å². The van der Waals surface area contributed by atoms with E-state index in [1.54, 1.807) is 34.9 Å². The van der Waals surface area contributed by atoms with Gasteiger partial charge in [0.05, 0.1) is 54.8 Å². The number of benzene rings is 2. The van der Waals surface area contributed by atoms with E-state index in [-0.39, 0.29) is 23.3 Å². The zero-order valence-corrected chi connectivity index (χ0v) is 19.7. The van der Waals surface area contributed by atoms with Gasteiger partial charge in [-0.05, 0) is 43.2 Å². The van der Waals surface area contributed by atoms with Crippen LogP contribution in [0.15, 0.2) is 52.4 Å². The van der Waals surface area contributed by atoms with Crippen molar-refractivity contribution in [1.29, 1.82) is 0 Å². The Morgan fingerprint density at radius 3 is 2.79 bits per heavy atom. The molecule has 34 heavy (non-hydrogen) atoms. The summed E-state index contributed by atoms with van der Waals surface area (Å²) in [4.78, 5) is 42.6. The predicted molar refractivity (Wildman–Crippen MR) is 129 cm³/mol. The standard InChI is InChI=1S/C24H25N3O6S/c1-31-20-8-4-3-7-18(20)25-21(28)14-34-24-26-19-12-15(23(30)32-2)9-10-17(19)22(29)27(24)13-16-6-5-11-33-16/h3-4,7-10,12,16H,5-6,11,13-14H2,1-2H3,(H,25,28). The lowest BCUT2D eigenvalue weighted by molar-refractivity contribution is -0.113. The van der Waals surface area contributed by atoms with E-state index in [2.05, 4.69) is 10.3 Å². The van der Waals surface area contributed by atoms with Gasteiger partial charge in [-0.3, -0.25) is 14.2 Å². The van der Waals surface area contributed by atoms with Gasteiger partial charge in [0.1, 0.15) is 5.75 Å². The predicted octanol–water partition coefficient (Wildman–Crippen LogP) is 3.10. The molecule has 1 aliphatic heterocycles. The summed E-state index contributed by atoms with van der Waals surface area (Å²) in [5, 5.41) is 3.58. The topological polar surface area (TPSA) is 109 Å². The second kappa shape index (κ2) is 10.7. The number of carbonyl (C=O) groups is 2. The van der Waals surface area contributed by atoms with Crippen molar-refractivity contribution in [2.24, 2.45) is 0 Å². The average molecular weight is 484 g/mol. The molecule has 2 aromatic carbocycles. The summed E-state index contributed by atoms with van der Waals surface area (Å²) in [6.07, 6.45) is 1.70. The largest absolute Gasteiger partial charge is 0.495 e. The molecule has 1 amide bonds. The van der Waals surface area contributed by atoms with Gasteiger partial charge in [-0.1, -0.05) is 23.9 Å². The van der Waals surface area contributed by atoms with Crippen LogP contribution in [-0.4, -0.2) is 54.1 Å². The number of para-hydroxylation sites is 2. The van der Waals surface area contributed by atoms with Gasteiger partial charge in [0.25, 0.3) is 5.56 Å². The number of thioether (sulfide) groups is 1. The third-order valence-corrected chi connectivity index (χ3v) is 6.44. The normalized spacial score (nSPS) is 15.3. The van der Waals surface area contributed by atoms with Crippen LogP contribution in [0, 0.1) is 0 Å². The Morgan fingerprint density at radius 2 is 2.06 bits per heavy atom. The lowest BCUT2D eigenvalue weighted by Gasteiger charge is -2.17. The molecule has 1 unspecified atom stereocenters. The number of fused-ring (bicyclic) bond motifs is 1. The van der Waals surface area contributed by atoms with Crippen molar-refractivity contribution < 1.29 is 23.8 Å². The van der Waals surface area contributed by atoms with Crippen molar-refractivity contribution in [3.63, 3.8) is 0 Å². The molecule has 0 spiro atoms. The van der Waals surface area contributed by atoms with Crippen molar-refractivity contribution in [1.82, 2.24) is 9.55 Å². The number of nitrogens with one attached hydrogen (secondary N) is 1. The van der Waals surface area contributed by atoms with Crippen LogP contribution in [0.4, 0.5) is 5.69 Å². The van der Waals surface area contributed by atoms with Crippen LogP contribution in [0.2, 0.25) is 0 Å². The number of carbonyl (C=O) groups excluding carboxylic acids is 2. The average Bonchev–Trinajstić information content (AvgIpc) is 3.37. The molecule has 10 heteroatoms. The molecule has 0 saturated carbocycles. The molecule has 178 valence electrons. The molecule has 1 saturated heterocycles. The summed E-state index contributed by atoms with van der Waals surface area (Å²) < 4.78 is 17.3. The lowest BCUT2D eigenvalue weighted by atomic mass is 10.1. The second-order valence-electron chi connectivity index (χ2n) is 7.71. The third-order valence-electron chi connectivity index (χ3n) is 5.47. The fourth-order valence-corrected chi connectivity index (χ4v) is 4.58. The smallest absolute Gasteiger partial charge is 0.337 e. The highest BCUT2D eigenvalue weighted by Gasteiger charge is 2.21. The first-order valence-corrected chi connectivity index (χ1v) is 11.8. The molecule has 9 nitrogen and oxygen atoms in total. The molecule has 0 radical (unpaired) electrons. The lowest BCUT2D eigenvalue weighted by Crippen LogP contribution is -2.29. The minimum Gasteiger partial charge on any atom is -0.495 e. The summed E-state index contributed by atoms with van der Waals surface area (Å²) in [5.41, 5.74) is 0.971. The van der Waals surface area contributed by atoms with E-state index in [1.807, 2.05) is 6.07 Å². The van der Waals surface area contributed by atoms with E-state index in [0.29, 0.717) is 46.2 Å². The fourth-order valence-electron chi connectivity index (χ4n) is 3.77. The van der Waals surface area contributed by atoms with Gasteiger partial charge in [0.2, 0.25) is 5.91 Å². The Hall–Kier alpha value is -3.37. The quantitative estimate of drug-likeness (QED) is 0.296. The molecule has 1 aliphatic rings. The zero-order chi connectivity index (χ0) is 24.1. The van der Waals surface area contributed by atoms with Crippen molar-refractivity contribution in [3.05, 3.63) is 58.4 Å². The summed E-state index contributed by atoms with van der Waals surface area (Å²) >= 11 is 1.15.